The molecule has 5 rings (SSSR count). The maximum absolute atomic E-state index is 14.1. The van der Waals surface area contributed by atoms with Crippen molar-refractivity contribution in [2.75, 3.05) is 30.3 Å². The van der Waals surface area contributed by atoms with Crippen molar-refractivity contribution in [3.05, 3.63) is 41.4 Å². The molecule has 2 bridgehead atoms. The van der Waals surface area contributed by atoms with E-state index in [1.165, 1.54) is 6.07 Å². The van der Waals surface area contributed by atoms with Gasteiger partial charge in [0.1, 0.15) is 17.2 Å². The number of carbonyl (C=O) groups excluding carboxylic acids is 1. The number of amides is 1. The summed E-state index contributed by atoms with van der Waals surface area (Å²) in [4.78, 5) is 23.2. The van der Waals surface area contributed by atoms with Crippen molar-refractivity contribution in [3.8, 4) is 5.88 Å². The van der Waals surface area contributed by atoms with Gasteiger partial charge in [0, 0.05) is 24.8 Å². The number of hydrogen-bond donors (Lipinski definition) is 2. The molecule has 1 atom stereocenters. The topological polar surface area (TPSA) is 111 Å². The van der Waals surface area contributed by atoms with E-state index in [9.17, 15) is 9.18 Å². The van der Waals surface area contributed by atoms with Crippen molar-refractivity contribution in [2.45, 2.75) is 25.3 Å². The van der Waals surface area contributed by atoms with Crippen LogP contribution in [0.1, 0.15) is 44.0 Å². The highest BCUT2D eigenvalue weighted by Crippen LogP contribution is 2.39. The molecule has 3 N–H and O–H groups in total. The molecule has 9 nitrogen and oxygen atoms in total. The maximum atomic E-state index is 14.1. The van der Waals surface area contributed by atoms with Crippen LogP contribution < -0.4 is 20.7 Å². The third-order valence-electron chi connectivity index (χ3n) is 5.18. The zero-order valence-electron chi connectivity index (χ0n) is 17.5. The number of nitrogens with two attached hydrogens (primary N) is 1. The van der Waals surface area contributed by atoms with Crippen LogP contribution in [-0.4, -0.2) is 45.2 Å². The van der Waals surface area contributed by atoms with Crippen LogP contribution in [-0.2, 0) is 0 Å². The lowest BCUT2D eigenvalue weighted by Crippen LogP contribution is -2.28. The molecule has 0 aromatic carbocycles. The highest BCUT2D eigenvalue weighted by atomic mass is 19.1. The van der Waals surface area contributed by atoms with Crippen molar-refractivity contribution < 1.29 is 16.7 Å². The number of anilines is 2. The Kier molecular flexibility index (Phi) is 3.67. The first-order valence-corrected chi connectivity index (χ1v) is 9.44. The van der Waals surface area contributed by atoms with Gasteiger partial charge in [-0.25, -0.2) is 18.9 Å². The van der Waals surface area contributed by atoms with E-state index >= 15 is 0 Å². The number of halogens is 1. The van der Waals surface area contributed by atoms with Crippen molar-refractivity contribution in [1.82, 2.24) is 24.9 Å². The summed E-state index contributed by atoms with van der Waals surface area (Å²) in [6, 6.07) is 0.898. The predicted molar refractivity (Wildman–Crippen MR) is 103 cm³/mol. The first-order chi connectivity index (χ1) is 15.0. The molecule has 0 aliphatic carbocycles. The molecule has 1 saturated heterocycles. The van der Waals surface area contributed by atoms with Crippen LogP contribution in [0.15, 0.2) is 24.5 Å². The molecular weight excluding hydrogens is 377 g/mol. The third kappa shape index (κ3) is 3.00. The molecule has 2 aliphatic heterocycles. The van der Waals surface area contributed by atoms with Gasteiger partial charge in [0.15, 0.2) is 11.5 Å². The second-order valence-electron chi connectivity index (χ2n) is 7.03. The smallest absolute Gasteiger partial charge is 0.258 e. The highest BCUT2D eigenvalue weighted by Gasteiger charge is 2.31. The number of nitrogen functional groups attached to an aromatic ring is 1. The van der Waals surface area contributed by atoms with E-state index in [4.69, 9.17) is 13.2 Å². The largest absolute Gasteiger partial charge is 0.477 e. The monoisotopic (exact) mass is 399 g/mol. The minimum Gasteiger partial charge on any atom is -0.477 e. The maximum Gasteiger partial charge on any atom is 0.258 e. The van der Waals surface area contributed by atoms with Gasteiger partial charge in [0.25, 0.3) is 5.91 Å². The van der Waals surface area contributed by atoms with Gasteiger partial charge < -0.3 is 20.7 Å². The molecule has 3 aromatic rings. The number of hydrogen-bond acceptors (Lipinski definition) is 7. The minimum absolute atomic E-state index is 0.0621. The van der Waals surface area contributed by atoms with Crippen LogP contribution >= 0.6 is 0 Å². The van der Waals surface area contributed by atoms with Gasteiger partial charge in [-0.05, 0) is 31.4 Å². The molecule has 150 valence electrons. The van der Waals surface area contributed by atoms with Gasteiger partial charge in [-0.1, -0.05) is 0 Å². The minimum atomic E-state index is -0.482. The molecule has 1 amide bonds. The Hall–Kier alpha value is -3.43. The second kappa shape index (κ2) is 6.87. The van der Waals surface area contributed by atoms with Crippen molar-refractivity contribution >= 4 is 23.2 Å². The third-order valence-corrected chi connectivity index (χ3v) is 5.18. The fraction of sp³-hybridized carbons (Fsp3) is 0.368. The van der Waals surface area contributed by atoms with Gasteiger partial charge >= 0.3 is 0 Å². The zero-order chi connectivity index (χ0) is 21.7. The number of pyridine rings is 1. The van der Waals surface area contributed by atoms with Gasteiger partial charge in [-0.2, -0.15) is 0 Å². The van der Waals surface area contributed by atoms with E-state index < -0.39 is 11.7 Å². The summed E-state index contributed by atoms with van der Waals surface area (Å²) < 4.78 is 37.9. The number of aromatic nitrogens is 4. The lowest BCUT2D eigenvalue weighted by molar-refractivity contribution is 0.0953. The van der Waals surface area contributed by atoms with E-state index in [-0.39, 0.29) is 47.7 Å². The Labute approximate surface area is 168 Å². The lowest BCUT2D eigenvalue weighted by Gasteiger charge is -2.27. The zero-order valence-corrected chi connectivity index (χ0v) is 15.5. The second-order valence-corrected chi connectivity index (χ2v) is 7.03. The first-order valence-electron chi connectivity index (χ1n) is 10.4. The summed E-state index contributed by atoms with van der Waals surface area (Å²) in [6.45, 7) is 1.13. The molecule has 1 unspecified atom stereocenters. The molecule has 0 saturated carbocycles. The molecule has 1 fully saturated rings. The van der Waals surface area contributed by atoms with Crippen LogP contribution in [0.25, 0.3) is 5.65 Å². The van der Waals surface area contributed by atoms with E-state index in [1.54, 1.807) is 0 Å². The number of fused-ring (bicyclic) bond motifs is 5. The average molecular weight is 399 g/mol. The number of carbonyl (C=O) groups is 1. The Morgan fingerprint density at radius 1 is 1.41 bits per heavy atom. The van der Waals surface area contributed by atoms with Gasteiger partial charge in [-0.15, -0.1) is 5.10 Å². The van der Waals surface area contributed by atoms with E-state index in [0.29, 0.717) is 37.4 Å². The van der Waals surface area contributed by atoms with E-state index in [2.05, 4.69) is 20.4 Å². The predicted octanol–water partition coefficient (Wildman–Crippen LogP) is 1.70. The highest BCUT2D eigenvalue weighted by molar-refractivity contribution is 6.04. The number of nitrogens with one attached hydrogen (secondary N) is 1. The fourth-order valence-corrected chi connectivity index (χ4v) is 3.87. The summed E-state index contributed by atoms with van der Waals surface area (Å²) in [5.41, 5.74) is 6.71. The molecule has 10 heteroatoms. The molecule has 5 heterocycles. The van der Waals surface area contributed by atoms with Crippen LogP contribution in [0.3, 0.4) is 0 Å². The van der Waals surface area contributed by atoms with Crippen molar-refractivity contribution in [2.24, 2.45) is 0 Å². The summed E-state index contributed by atoms with van der Waals surface area (Å²) in [5, 5.41) is 6.80. The van der Waals surface area contributed by atoms with E-state index in [1.807, 2.05) is 4.90 Å². The number of ether oxygens (including phenoxy) is 1. The Morgan fingerprint density at radius 2 is 2.31 bits per heavy atom. The molecule has 29 heavy (non-hydrogen) atoms. The number of nitrogens with zero attached hydrogens (tertiary/aromatic N) is 5. The normalized spacial score (nSPS) is 20.4. The van der Waals surface area contributed by atoms with Crippen LogP contribution in [0, 0.1) is 5.82 Å². The standard InChI is InChI=1S/C19H20FN7O2/c20-11-9-12-13-3-1-6-26(13)14-4-7-27-17(24-14)15(16(21)25-27)18(28)22-5-2-8-29-19(12)23-10-11/h4,7,9-10,13H,1-3,5-6,8H2,(H2,21,25)(H,22,28)/i4D,7D. The first kappa shape index (κ1) is 15.5. The Balaban J connectivity index is 1.74. The molecule has 3 aromatic heterocycles. The Morgan fingerprint density at radius 3 is 3.21 bits per heavy atom. The van der Waals surface area contributed by atoms with Crippen molar-refractivity contribution in [1.29, 1.82) is 0 Å². The van der Waals surface area contributed by atoms with Gasteiger partial charge in [0.05, 0.1) is 21.6 Å². The summed E-state index contributed by atoms with van der Waals surface area (Å²) in [5.74, 6) is -0.480. The van der Waals surface area contributed by atoms with Crippen LogP contribution in [0.4, 0.5) is 16.0 Å². The van der Waals surface area contributed by atoms with Gasteiger partial charge in [-0.3, -0.25) is 4.79 Å². The fourth-order valence-electron chi connectivity index (χ4n) is 3.87. The molecule has 2 aliphatic rings. The summed E-state index contributed by atoms with van der Waals surface area (Å²) in [7, 11) is 0. The average Bonchev–Trinajstić information content (AvgIpc) is 3.35. The summed E-state index contributed by atoms with van der Waals surface area (Å²) in [6.07, 6.45) is 2.81. The number of rotatable bonds is 0. The van der Waals surface area contributed by atoms with Crippen LogP contribution in [0.2, 0.25) is 0 Å². The summed E-state index contributed by atoms with van der Waals surface area (Å²) >= 11 is 0. The molecule has 0 spiro atoms. The van der Waals surface area contributed by atoms with Gasteiger partial charge in [0.2, 0.25) is 5.88 Å². The Bertz CT molecular complexity index is 1200. The quantitative estimate of drug-likeness (QED) is 0.592. The lowest BCUT2D eigenvalue weighted by atomic mass is 10.1. The SMILES string of the molecule is [2H]c1c2nc3c(c(N)nn3c1[2H])C(=O)NCCCOc1ncc(F)cc1C1CCCN21. The molecular formula is C19H20FN7O2. The molecule has 0 radical (unpaired) electrons. The van der Waals surface area contributed by atoms with Crippen molar-refractivity contribution in [3.63, 3.8) is 0 Å². The van der Waals surface area contributed by atoms with Crippen LogP contribution in [0.5, 0.6) is 5.88 Å². The van der Waals surface area contributed by atoms with E-state index in [0.717, 1.165) is 17.1 Å².